The number of hydrogen-bond acceptors (Lipinski definition) is 5. The second kappa shape index (κ2) is 8.89. The van der Waals surface area contributed by atoms with Crippen LogP contribution in [0.25, 0.3) is 0 Å². The number of ether oxygens (including phenoxy) is 2. The van der Waals surface area contributed by atoms with Gasteiger partial charge in [0.15, 0.2) is 11.5 Å². The summed E-state index contributed by atoms with van der Waals surface area (Å²) < 4.78 is 11.1. The Hall–Kier alpha value is -2.86. The summed E-state index contributed by atoms with van der Waals surface area (Å²) >= 11 is 0. The molecule has 2 aromatic rings. The van der Waals surface area contributed by atoms with Gasteiger partial charge in [0.25, 0.3) is 5.91 Å². The third-order valence-corrected chi connectivity index (χ3v) is 4.83. The van der Waals surface area contributed by atoms with Gasteiger partial charge in [-0.1, -0.05) is 31.2 Å². The molecule has 2 amide bonds. The van der Waals surface area contributed by atoms with Crippen LogP contribution in [0, 0.1) is 0 Å². The molecule has 3 rings (SSSR count). The molecule has 1 atom stereocenters. The van der Waals surface area contributed by atoms with Crippen molar-refractivity contribution in [2.24, 2.45) is 0 Å². The molecule has 28 heavy (non-hydrogen) atoms. The first-order valence-corrected chi connectivity index (χ1v) is 9.46. The van der Waals surface area contributed by atoms with E-state index in [0.717, 1.165) is 17.5 Å². The molecular formula is C22H25NO5. The number of benzene rings is 2. The van der Waals surface area contributed by atoms with E-state index in [2.05, 4.69) is 0 Å². The van der Waals surface area contributed by atoms with Crippen LogP contribution in [0.2, 0.25) is 0 Å². The zero-order valence-electron chi connectivity index (χ0n) is 16.2. The Morgan fingerprint density at radius 3 is 2.64 bits per heavy atom. The van der Waals surface area contributed by atoms with Gasteiger partial charge < -0.3 is 14.6 Å². The monoisotopic (exact) mass is 383 g/mol. The maximum absolute atomic E-state index is 13.1. The Kier molecular flexibility index (Phi) is 6.31. The molecule has 1 aliphatic rings. The summed E-state index contributed by atoms with van der Waals surface area (Å²) in [5, 5.41) is 9.60. The summed E-state index contributed by atoms with van der Waals surface area (Å²) in [5.41, 5.74) is 1.99. The number of imide groups is 1. The highest BCUT2D eigenvalue weighted by molar-refractivity contribution is 6.10. The molecule has 0 bridgehead atoms. The van der Waals surface area contributed by atoms with Crippen LogP contribution in [-0.4, -0.2) is 42.1 Å². The van der Waals surface area contributed by atoms with Gasteiger partial charge >= 0.3 is 0 Å². The molecule has 0 aromatic heterocycles. The van der Waals surface area contributed by atoms with E-state index in [0.29, 0.717) is 23.7 Å². The number of amides is 2. The fraction of sp³-hybridized carbons (Fsp3) is 0.364. The van der Waals surface area contributed by atoms with E-state index in [-0.39, 0.29) is 31.3 Å². The molecule has 0 radical (unpaired) electrons. The lowest BCUT2D eigenvalue weighted by Gasteiger charge is -2.34. The summed E-state index contributed by atoms with van der Waals surface area (Å²) in [5.74, 6) is 0.537. The van der Waals surface area contributed by atoms with Crippen molar-refractivity contribution in [3.05, 3.63) is 59.2 Å². The first-order valence-electron chi connectivity index (χ1n) is 9.46. The molecule has 0 saturated heterocycles. The quantitative estimate of drug-likeness (QED) is 0.709. The zero-order valence-corrected chi connectivity index (χ0v) is 16.2. The Morgan fingerprint density at radius 1 is 1.14 bits per heavy atom. The Balaban J connectivity index is 2.00. The van der Waals surface area contributed by atoms with Crippen LogP contribution in [-0.2, 0) is 11.2 Å². The van der Waals surface area contributed by atoms with Gasteiger partial charge in [-0.2, -0.15) is 0 Å². The second-order valence-electron chi connectivity index (χ2n) is 6.69. The first kappa shape index (κ1) is 19.9. The summed E-state index contributed by atoms with van der Waals surface area (Å²) in [7, 11) is 1.56. The average Bonchev–Trinajstić information content (AvgIpc) is 2.71. The number of fused-ring (bicyclic) bond motifs is 1. The van der Waals surface area contributed by atoms with Gasteiger partial charge in [0.05, 0.1) is 26.2 Å². The van der Waals surface area contributed by atoms with Crippen molar-refractivity contribution < 1.29 is 24.2 Å². The van der Waals surface area contributed by atoms with E-state index < -0.39 is 6.04 Å². The van der Waals surface area contributed by atoms with Crippen molar-refractivity contribution in [3.63, 3.8) is 0 Å². The van der Waals surface area contributed by atoms with E-state index in [9.17, 15) is 14.7 Å². The number of nitrogens with zero attached hydrogens (tertiary/aromatic N) is 1. The maximum atomic E-state index is 13.1. The van der Waals surface area contributed by atoms with Crippen LogP contribution in [0.3, 0.4) is 0 Å². The third-order valence-electron chi connectivity index (χ3n) is 4.83. The number of methoxy groups -OCH3 is 1. The second-order valence-corrected chi connectivity index (χ2v) is 6.69. The lowest BCUT2D eigenvalue weighted by atomic mass is 9.94. The summed E-state index contributed by atoms with van der Waals surface area (Å²) in [6, 6.07) is 11.9. The summed E-state index contributed by atoms with van der Waals surface area (Å²) in [6.45, 7) is 2.38. The maximum Gasteiger partial charge on any atom is 0.261 e. The predicted molar refractivity (Wildman–Crippen MR) is 105 cm³/mol. The SMILES string of the molecule is CCCOc1cc(C(CCO)N2C(=O)Cc3ccccc3C2=O)ccc1OC. The van der Waals surface area contributed by atoms with E-state index in [1.807, 2.05) is 13.0 Å². The highest BCUT2D eigenvalue weighted by Crippen LogP contribution is 2.36. The number of hydrogen-bond donors (Lipinski definition) is 1. The lowest BCUT2D eigenvalue weighted by molar-refractivity contribution is -0.130. The molecule has 1 unspecified atom stereocenters. The third kappa shape index (κ3) is 3.87. The van der Waals surface area contributed by atoms with Gasteiger partial charge in [0.2, 0.25) is 5.91 Å². The molecule has 1 aliphatic heterocycles. The van der Waals surface area contributed by atoms with Crippen LogP contribution in [0.4, 0.5) is 0 Å². The van der Waals surface area contributed by atoms with Gasteiger partial charge in [0.1, 0.15) is 0 Å². The molecule has 2 aromatic carbocycles. The number of aliphatic hydroxyl groups is 1. The lowest BCUT2D eigenvalue weighted by Crippen LogP contribution is -2.44. The number of aliphatic hydroxyl groups excluding tert-OH is 1. The van der Waals surface area contributed by atoms with Crippen LogP contribution >= 0.6 is 0 Å². The highest BCUT2D eigenvalue weighted by Gasteiger charge is 2.36. The van der Waals surface area contributed by atoms with Crippen molar-refractivity contribution >= 4 is 11.8 Å². The molecule has 148 valence electrons. The van der Waals surface area contributed by atoms with Gasteiger partial charge in [-0.15, -0.1) is 0 Å². The number of carbonyl (C=O) groups is 2. The smallest absolute Gasteiger partial charge is 0.261 e. The van der Waals surface area contributed by atoms with E-state index in [1.165, 1.54) is 4.90 Å². The van der Waals surface area contributed by atoms with Crippen LogP contribution in [0.1, 0.15) is 47.3 Å². The van der Waals surface area contributed by atoms with E-state index in [4.69, 9.17) is 9.47 Å². The van der Waals surface area contributed by atoms with Crippen LogP contribution < -0.4 is 9.47 Å². The zero-order chi connectivity index (χ0) is 20.1. The number of carbonyl (C=O) groups excluding carboxylic acids is 2. The molecule has 0 fully saturated rings. The molecule has 1 heterocycles. The van der Waals surface area contributed by atoms with Crippen LogP contribution in [0.5, 0.6) is 11.5 Å². The average molecular weight is 383 g/mol. The minimum atomic E-state index is -0.576. The fourth-order valence-corrected chi connectivity index (χ4v) is 3.48. The Morgan fingerprint density at radius 2 is 1.93 bits per heavy atom. The molecule has 1 N–H and O–H groups in total. The van der Waals surface area contributed by atoms with Gasteiger partial charge in [0, 0.05) is 12.2 Å². The highest BCUT2D eigenvalue weighted by atomic mass is 16.5. The molecule has 6 nitrogen and oxygen atoms in total. The summed E-state index contributed by atoms with van der Waals surface area (Å²) in [4.78, 5) is 27.1. The Bertz CT molecular complexity index is 864. The van der Waals surface area contributed by atoms with Crippen molar-refractivity contribution in [3.8, 4) is 11.5 Å². The van der Waals surface area contributed by atoms with E-state index >= 15 is 0 Å². The van der Waals surface area contributed by atoms with E-state index in [1.54, 1.807) is 43.5 Å². The fourth-order valence-electron chi connectivity index (χ4n) is 3.48. The molecule has 6 heteroatoms. The van der Waals surface area contributed by atoms with Gasteiger partial charge in [-0.3, -0.25) is 14.5 Å². The minimum absolute atomic E-state index is 0.152. The molecule has 0 spiro atoms. The van der Waals surface area contributed by atoms with Crippen molar-refractivity contribution in [1.82, 2.24) is 4.90 Å². The standard InChI is InChI=1S/C22H25NO5/c1-3-12-28-20-13-16(8-9-19(20)27-2)18(10-11-24)23-21(25)14-15-6-4-5-7-17(15)22(23)26/h4-9,13,18,24H,3,10-12,14H2,1-2H3. The van der Waals surface area contributed by atoms with Gasteiger partial charge in [-0.05, 0) is 42.2 Å². The van der Waals surface area contributed by atoms with Crippen molar-refractivity contribution in [1.29, 1.82) is 0 Å². The first-order chi connectivity index (χ1) is 13.6. The molecule has 0 aliphatic carbocycles. The molecule has 0 saturated carbocycles. The topological polar surface area (TPSA) is 76.1 Å². The summed E-state index contributed by atoms with van der Waals surface area (Å²) in [6.07, 6.45) is 1.26. The largest absolute Gasteiger partial charge is 0.493 e. The van der Waals surface area contributed by atoms with Crippen molar-refractivity contribution in [2.75, 3.05) is 20.3 Å². The van der Waals surface area contributed by atoms with Crippen LogP contribution in [0.15, 0.2) is 42.5 Å². The normalized spacial score (nSPS) is 14.6. The minimum Gasteiger partial charge on any atom is -0.493 e. The van der Waals surface area contributed by atoms with Gasteiger partial charge in [-0.25, -0.2) is 0 Å². The molecular weight excluding hydrogens is 358 g/mol. The number of rotatable bonds is 8. The van der Waals surface area contributed by atoms with Crippen molar-refractivity contribution in [2.45, 2.75) is 32.2 Å². The Labute approximate surface area is 164 Å². The predicted octanol–water partition coefficient (Wildman–Crippen LogP) is 3.13.